The van der Waals surface area contributed by atoms with Crippen molar-refractivity contribution in [2.75, 3.05) is 25.0 Å². The molecule has 0 atom stereocenters. The van der Waals surface area contributed by atoms with Gasteiger partial charge in [0.15, 0.2) is 17.3 Å². The van der Waals surface area contributed by atoms with Crippen molar-refractivity contribution in [1.82, 2.24) is 9.29 Å². The molecule has 3 aromatic rings. The van der Waals surface area contributed by atoms with Gasteiger partial charge in [-0.05, 0) is 49.3 Å². The van der Waals surface area contributed by atoms with Crippen molar-refractivity contribution in [2.24, 2.45) is 0 Å². The summed E-state index contributed by atoms with van der Waals surface area (Å²) in [7, 11) is 1.79. The number of oxazole rings is 1. The van der Waals surface area contributed by atoms with E-state index in [1.54, 1.807) is 18.0 Å². The van der Waals surface area contributed by atoms with Gasteiger partial charge in [-0.2, -0.15) is 13.2 Å². The molecule has 0 fully saturated rings. The molecule has 2 heterocycles. The van der Waals surface area contributed by atoms with Gasteiger partial charge < -0.3 is 19.2 Å². The van der Waals surface area contributed by atoms with E-state index in [1.165, 1.54) is 43.1 Å². The molecule has 34 heavy (non-hydrogen) atoms. The third-order valence-corrected chi connectivity index (χ3v) is 6.05. The molecule has 180 valence electrons. The normalized spacial score (nSPS) is 14.6. The lowest BCUT2D eigenvalue weighted by molar-refractivity contribution is -0.139. The maximum Gasteiger partial charge on any atom is 0.420 e. The molecule has 1 aliphatic heterocycles. The molecule has 1 aliphatic rings. The lowest BCUT2D eigenvalue weighted by Crippen LogP contribution is -2.25. The number of ether oxygens (including phenoxy) is 1. The summed E-state index contributed by atoms with van der Waals surface area (Å²) in [6.45, 7) is 1.69. The minimum absolute atomic E-state index is 0.0527. The van der Waals surface area contributed by atoms with Crippen LogP contribution in [0.3, 0.4) is 0 Å². The van der Waals surface area contributed by atoms with Crippen molar-refractivity contribution in [3.63, 3.8) is 0 Å². The van der Waals surface area contributed by atoms with Crippen LogP contribution in [0, 0.1) is 12.7 Å². The number of aryl methyl sites for hydroxylation is 1. The molecule has 1 aromatic heterocycles. The summed E-state index contributed by atoms with van der Waals surface area (Å²) in [4.78, 5) is 17.1. The minimum atomic E-state index is -4.77. The molecule has 0 amide bonds. The van der Waals surface area contributed by atoms with Gasteiger partial charge in [0.2, 0.25) is 0 Å². The summed E-state index contributed by atoms with van der Waals surface area (Å²) < 4.78 is 68.4. The lowest BCUT2D eigenvalue weighted by atomic mass is 10.1. The lowest BCUT2D eigenvalue weighted by Gasteiger charge is -2.26. The number of likely N-dealkylation sites (N-methyl/N-ethyl adjacent to an activating group) is 1. The monoisotopic (exact) mass is 497 g/mol. The summed E-state index contributed by atoms with van der Waals surface area (Å²) >= 11 is 1.22. The number of benzene rings is 2. The molecular formula is C22H19F4N3O4S. The van der Waals surface area contributed by atoms with E-state index in [2.05, 4.69) is 4.98 Å². The Morgan fingerprint density at radius 1 is 1.26 bits per heavy atom. The number of alkyl halides is 3. The number of carboxylic acid groups (broad SMARTS) is 1. The predicted molar refractivity (Wildman–Crippen MR) is 116 cm³/mol. The Kier molecular flexibility index (Phi) is 6.45. The number of aromatic carboxylic acids is 1. The number of carboxylic acids is 1. The van der Waals surface area contributed by atoms with E-state index >= 15 is 0 Å². The van der Waals surface area contributed by atoms with Gasteiger partial charge in [-0.1, -0.05) is 6.07 Å². The summed E-state index contributed by atoms with van der Waals surface area (Å²) in [5.74, 6) is -2.51. The summed E-state index contributed by atoms with van der Waals surface area (Å²) in [6.07, 6.45) is -4.77. The summed E-state index contributed by atoms with van der Waals surface area (Å²) in [6, 6.07) is 7.86. The average molecular weight is 497 g/mol. The maximum atomic E-state index is 14.0. The van der Waals surface area contributed by atoms with Gasteiger partial charge in [0.1, 0.15) is 18.2 Å². The van der Waals surface area contributed by atoms with Gasteiger partial charge in [-0.3, -0.25) is 0 Å². The molecular weight excluding hydrogens is 478 g/mol. The quantitative estimate of drug-likeness (QED) is 0.365. The Balaban J connectivity index is 1.78. The first-order valence-electron chi connectivity index (χ1n) is 10.0. The highest BCUT2D eigenvalue weighted by Crippen LogP contribution is 2.46. The van der Waals surface area contributed by atoms with Crippen LogP contribution in [-0.4, -0.2) is 40.5 Å². The van der Waals surface area contributed by atoms with Crippen molar-refractivity contribution in [2.45, 2.75) is 24.6 Å². The predicted octanol–water partition coefficient (Wildman–Crippen LogP) is 5.51. The molecule has 0 radical (unpaired) electrons. The first kappa shape index (κ1) is 23.9. The number of hydrogen-bond donors (Lipinski definition) is 1. The largest absolute Gasteiger partial charge is 0.485 e. The highest BCUT2D eigenvalue weighted by atomic mass is 32.2. The van der Waals surface area contributed by atoms with Crippen LogP contribution in [0.2, 0.25) is 0 Å². The zero-order valence-corrected chi connectivity index (χ0v) is 18.8. The van der Waals surface area contributed by atoms with Gasteiger partial charge in [-0.15, -0.1) is 0 Å². The van der Waals surface area contributed by atoms with Gasteiger partial charge >= 0.3 is 12.1 Å². The highest BCUT2D eigenvalue weighted by Gasteiger charge is 2.37. The SMILES string of the molecule is Cc1nc(C(=O)O)c(COc2cc3c(cc2C(F)(F)F)N(c2cccc(F)c2)CCN(C)S3)o1. The van der Waals surface area contributed by atoms with E-state index in [0.717, 1.165) is 6.07 Å². The molecule has 7 nitrogen and oxygen atoms in total. The zero-order chi connectivity index (χ0) is 24.6. The number of rotatable bonds is 5. The second-order valence-corrected chi connectivity index (χ2v) is 8.73. The number of hydrogen-bond acceptors (Lipinski definition) is 7. The van der Waals surface area contributed by atoms with E-state index < -0.39 is 41.6 Å². The number of anilines is 2. The van der Waals surface area contributed by atoms with Gasteiger partial charge in [0.25, 0.3) is 0 Å². The average Bonchev–Trinajstić information content (AvgIpc) is 3.04. The van der Waals surface area contributed by atoms with Crippen LogP contribution in [0.25, 0.3) is 0 Å². The van der Waals surface area contributed by atoms with E-state index in [4.69, 9.17) is 9.15 Å². The van der Waals surface area contributed by atoms with Crippen LogP contribution in [0.5, 0.6) is 5.75 Å². The molecule has 4 rings (SSSR count). The molecule has 0 unspecified atom stereocenters. The van der Waals surface area contributed by atoms with Gasteiger partial charge in [-0.25, -0.2) is 18.5 Å². The van der Waals surface area contributed by atoms with Crippen molar-refractivity contribution in [3.05, 3.63) is 65.1 Å². The fourth-order valence-electron chi connectivity index (χ4n) is 3.54. The fraction of sp³-hybridized carbons (Fsp3) is 0.273. The topological polar surface area (TPSA) is 79.0 Å². The van der Waals surface area contributed by atoms with Crippen LogP contribution in [0.1, 0.15) is 27.7 Å². The van der Waals surface area contributed by atoms with E-state index in [-0.39, 0.29) is 17.3 Å². The van der Waals surface area contributed by atoms with Crippen LogP contribution in [0.4, 0.5) is 28.9 Å². The Morgan fingerprint density at radius 3 is 2.71 bits per heavy atom. The van der Waals surface area contributed by atoms with Crippen LogP contribution in [-0.2, 0) is 12.8 Å². The first-order chi connectivity index (χ1) is 16.0. The Morgan fingerprint density at radius 2 is 2.03 bits per heavy atom. The number of carbonyl (C=O) groups is 1. The van der Waals surface area contributed by atoms with Crippen LogP contribution < -0.4 is 9.64 Å². The molecule has 12 heteroatoms. The van der Waals surface area contributed by atoms with Gasteiger partial charge in [0.05, 0.1) is 16.1 Å². The first-order valence-corrected chi connectivity index (χ1v) is 10.8. The third kappa shape index (κ3) is 4.97. The van der Waals surface area contributed by atoms with E-state index in [0.29, 0.717) is 23.7 Å². The molecule has 0 bridgehead atoms. The number of aromatic nitrogens is 1. The van der Waals surface area contributed by atoms with Gasteiger partial charge in [0, 0.05) is 25.7 Å². The molecule has 0 aliphatic carbocycles. The fourth-order valence-corrected chi connectivity index (χ4v) is 4.47. The Hall–Kier alpha value is -3.25. The molecule has 0 saturated heterocycles. The molecule has 0 spiro atoms. The van der Waals surface area contributed by atoms with Crippen LogP contribution >= 0.6 is 11.9 Å². The number of nitrogens with zero attached hydrogens (tertiary/aromatic N) is 3. The number of fused-ring (bicyclic) bond motifs is 1. The Bertz CT molecular complexity index is 1230. The summed E-state index contributed by atoms with van der Waals surface area (Å²) in [5, 5.41) is 9.24. The molecule has 1 N–H and O–H groups in total. The van der Waals surface area contributed by atoms with Crippen molar-refractivity contribution in [1.29, 1.82) is 0 Å². The van der Waals surface area contributed by atoms with Crippen molar-refractivity contribution >= 4 is 29.3 Å². The minimum Gasteiger partial charge on any atom is -0.485 e. The summed E-state index contributed by atoms with van der Waals surface area (Å²) in [5.41, 5.74) is -0.804. The number of halogens is 4. The second kappa shape index (κ2) is 9.18. The maximum absolute atomic E-state index is 14.0. The second-order valence-electron chi connectivity index (χ2n) is 7.49. The van der Waals surface area contributed by atoms with E-state index in [1.807, 2.05) is 4.31 Å². The Labute approximate surface area is 196 Å². The molecule has 2 aromatic carbocycles. The molecule has 0 saturated carbocycles. The third-order valence-electron chi connectivity index (χ3n) is 5.04. The van der Waals surface area contributed by atoms with Crippen molar-refractivity contribution < 1.29 is 36.6 Å². The smallest absolute Gasteiger partial charge is 0.420 e. The zero-order valence-electron chi connectivity index (χ0n) is 18.0. The van der Waals surface area contributed by atoms with Crippen LogP contribution in [0.15, 0.2) is 45.7 Å². The van der Waals surface area contributed by atoms with E-state index in [9.17, 15) is 27.5 Å². The van der Waals surface area contributed by atoms with Crippen molar-refractivity contribution in [3.8, 4) is 5.75 Å². The standard InChI is InChI=1S/C22H19F4N3O4S/c1-12-27-20(21(30)31)18(33-12)11-32-17-10-19-16(9-15(17)22(24,25)26)29(7-6-28(2)34-19)14-5-3-4-13(23)8-14/h3-5,8-10H,6-7,11H2,1-2H3,(H,30,31). The highest BCUT2D eigenvalue weighted by molar-refractivity contribution is 7.97.